The molecule has 3 heteroatoms. The monoisotopic (exact) mass is 248 g/mol. The highest BCUT2D eigenvalue weighted by atomic mass is 16.5. The molecule has 0 atom stereocenters. The summed E-state index contributed by atoms with van der Waals surface area (Å²) in [4.78, 5) is 2.50. The van der Waals surface area contributed by atoms with Crippen LogP contribution in [0.4, 0.5) is 0 Å². The van der Waals surface area contributed by atoms with Crippen molar-refractivity contribution in [2.24, 2.45) is 0 Å². The molecule has 3 nitrogen and oxygen atoms in total. The van der Waals surface area contributed by atoms with Crippen molar-refractivity contribution in [3.05, 3.63) is 29.3 Å². The third-order valence-electron chi connectivity index (χ3n) is 3.29. The van der Waals surface area contributed by atoms with Gasteiger partial charge in [-0.1, -0.05) is 6.07 Å². The minimum atomic E-state index is 0.812. The van der Waals surface area contributed by atoms with Crippen molar-refractivity contribution in [2.75, 3.05) is 39.3 Å². The summed E-state index contributed by atoms with van der Waals surface area (Å²) in [6.07, 6.45) is 1.10. The van der Waals surface area contributed by atoms with E-state index < -0.39 is 0 Å². The van der Waals surface area contributed by atoms with Gasteiger partial charge in [-0.15, -0.1) is 0 Å². The highest BCUT2D eigenvalue weighted by Gasteiger charge is 2.08. The van der Waals surface area contributed by atoms with Gasteiger partial charge in [-0.2, -0.15) is 0 Å². The van der Waals surface area contributed by atoms with Crippen molar-refractivity contribution in [1.29, 1.82) is 0 Å². The summed E-state index contributed by atoms with van der Waals surface area (Å²) < 4.78 is 5.82. The second-order valence-corrected chi connectivity index (χ2v) is 5.12. The summed E-state index contributed by atoms with van der Waals surface area (Å²) in [5, 5.41) is 3.37. The Morgan fingerprint density at radius 3 is 2.44 bits per heavy atom. The van der Waals surface area contributed by atoms with Crippen LogP contribution >= 0.6 is 0 Å². The Morgan fingerprint density at radius 1 is 1.11 bits per heavy atom. The summed E-state index contributed by atoms with van der Waals surface area (Å²) in [6, 6.07) is 6.39. The average molecular weight is 248 g/mol. The molecule has 1 heterocycles. The van der Waals surface area contributed by atoms with E-state index in [1.165, 1.54) is 24.2 Å². The van der Waals surface area contributed by atoms with Crippen LogP contribution in [-0.2, 0) is 0 Å². The standard InChI is InChI=1S/C15H24N2O/c1-13-10-14(2)12-15(11-13)18-9-3-6-17-7-4-16-5-8-17/h10-12,16H,3-9H2,1-2H3. The number of hydrogen-bond acceptors (Lipinski definition) is 3. The van der Waals surface area contributed by atoms with Gasteiger partial charge in [-0.05, 0) is 43.5 Å². The van der Waals surface area contributed by atoms with Gasteiger partial charge in [0.2, 0.25) is 0 Å². The van der Waals surface area contributed by atoms with Gasteiger partial charge in [0.05, 0.1) is 6.61 Å². The van der Waals surface area contributed by atoms with Gasteiger partial charge >= 0.3 is 0 Å². The summed E-state index contributed by atoms with van der Waals surface area (Å²) in [5.41, 5.74) is 2.54. The molecular formula is C15H24N2O. The van der Waals surface area contributed by atoms with Crippen molar-refractivity contribution in [1.82, 2.24) is 10.2 Å². The minimum Gasteiger partial charge on any atom is -0.494 e. The maximum atomic E-state index is 5.82. The van der Waals surface area contributed by atoms with Gasteiger partial charge in [0.15, 0.2) is 0 Å². The molecule has 0 bridgehead atoms. The molecular weight excluding hydrogens is 224 g/mol. The SMILES string of the molecule is Cc1cc(C)cc(OCCCN2CCNCC2)c1. The average Bonchev–Trinajstić information content (AvgIpc) is 2.35. The van der Waals surface area contributed by atoms with E-state index >= 15 is 0 Å². The molecule has 0 radical (unpaired) electrons. The fourth-order valence-corrected chi connectivity index (χ4v) is 2.43. The van der Waals surface area contributed by atoms with E-state index in [4.69, 9.17) is 4.74 Å². The first kappa shape index (κ1) is 13.4. The normalized spacial score (nSPS) is 16.8. The number of aryl methyl sites for hydroxylation is 2. The number of benzene rings is 1. The lowest BCUT2D eigenvalue weighted by molar-refractivity contribution is 0.214. The van der Waals surface area contributed by atoms with Gasteiger partial charge in [0, 0.05) is 32.7 Å². The molecule has 1 aromatic carbocycles. The summed E-state index contributed by atoms with van der Waals surface area (Å²) in [6.45, 7) is 10.8. The van der Waals surface area contributed by atoms with E-state index in [0.717, 1.165) is 38.4 Å². The molecule has 1 fully saturated rings. The maximum Gasteiger partial charge on any atom is 0.119 e. The van der Waals surface area contributed by atoms with Gasteiger partial charge in [-0.25, -0.2) is 0 Å². The molecule has 0 aromatic heterocycles. The van der Waals surface area contributed by atoms with E-state index in [1.807, 2.05) is 0 Å². The lowest BCUT2D eigenvalue weighted by Crippen LogP contribution is -2.43. The van der Waals surface area contributed by atoms with E-state index in [-0.39, 0.29) is 0 Å². The molecule has 1 saturated heterocycles. The van der Waals surface area contributed by atoms with Crippen LogP contribution in [0, 0.1) is 13.8 Å². The summed E-state index contributed by atoms with van der Waals surface area (Å²) in [5.74, 6) is 1.01. The van der Waals surface area contributed by atoms with Crippen LogP contribution < -0.4 is 10.1 Å². The van der Waals surface area contributed by atoms with E-state index in [0.29, 0.717) is 0 Å². The third kappa shape index (κ3) is 4.31. The van der Waals surface area contributed by atoms with Crippen molar-refractivity contribution in [3.63, 3.8) is 0 Å². The van der Waals surface area contributed by atoms with Crippen LogP contribution in [0.25, 0.3) is 0 Å². The molecule has 0 amide bonds. The van der Waals surface area contributed by atoms with Crippen LogP contribution in [0.5, 0.6) is 5.75 Å². The number of hydrogen-bond donors (Lipinski definition) is 1. The first-order valence-electron chi connectivity index (χ1n) is 6.88. The third-order valence-corrected chi connectivity index (χ3v) is 3.29. The topological polar surface area (TPSA) is 24.5 Å². The lowest BCUT2D eigenvalue weighted by atomic mass is 10.1. The fourth-order valence-electron chi connectivity index (χ4n) is 2.43. The molecule has 100 valence electrons. The molecule has 0 unspecified atom stereocenters. The van der Waals surface area contributed by atoms with Gasteiger partial charge < -0.3 is 15.0 Å². The molecule has 0 spiro atoms. The Kier molecular flexibility index (Phi) is 5.02. The highest BCUT2D eigenvalue weighted by molar-refractivity contribution is 5.32. The molecule has 1 aliphatic heterocycles. The molecule has 1 N–H and O–H groups in total. The maximum absolute atomic E-state index is 5.82. The number of piperazine rings is 1. The van der Waals surface area contributed by atoms with E-state index in [2.05, 4.69) is 42.3 Å². The quantitative estimate of drug-likeness (QED) is 0.806. The zero-order valence-corrected chi connectivity index (χ0v) is 11.5. The molecule has 18 heavy (non-hydrogen) atoms. The largest absolute Gasteiger partial charge is 0.494 e. The van der Waals surface area contributed by atoms with Gasteiger partial charge in [0.1, 0.15) is 5.75 Å². The zero-order chi connectivity index (χ0) is 12.8. The van der Waals surface area contributed by atoms with Crippen molar-refractivity contribution in [2.45, 2.75) is 20.3 Å². The molecule has 2 rings (SSSR count). The molecule has 1 aliphatic rings. The summed E-state index contributed by atoms with van der Waals surface area (Å²) >= 11 is 0. The van der Waals surface area contributed by atoms with Crippen LogP contribution in [0.3, 0.4) is 0 Å². The first-order valence-corrected chi connectivity index (χ1v) is 6.88. The highest BCUT2D eigenvalue weighted by Crippen LogP contribution is 2.16. The lowest BCUT2D eigenvalue weighted by Gasteiger charge is -2.26. The van der Waals surface area contributed by atoms with Gasteiger partial charge in [-0.3, -0.25) is 0 Å². The Labute approximate surface area is 110 Å². The minimum absolute atomic E-state index is 0.812. The number of ether oxygens (including phenoxy) is 1. The molecule has 1 aromatic rings. The Balaban J connectivity index is 1.68. The van der Waals surface area contributed by atoms with Crippen LogP contribution in [0.2, 0.25) is 0 Å². The second kappa shape index (κ2) is 6.76. The fraction of sp³-hybridized carbons (Fsp3) is 0.600. The van der Waals surface area contributed by atoms with Crippen molar-refractivity contribution >= 4 is 0 Å². The predicted octanol–water partition coefficient (Wildman–Crippen LogP) is 1.98. The van der Waals surface area contributed by atoms with E-state index in [9.17, 15) is 0 Å². The van der Waals surface area contributed by atoms with Crippen LogP contribution in [0.15, 0.2) is 18.2 Å². The smallest absolute Gasteiger partial charge is 0.119 e. The molecule has 0 aliphatic carbocycles. The first-order chi connectivity index (χ1) is 8.74. The van der Waals surface area contributed by atoms with Gasteiger partial charge in [0.25, 0.3) is 0 Å². The summed E-state index contributed by atoms with van der Waals surface area (Å²) in [7, 11) is 0. The van der Waals surface area contributed by atoms with Crippen LogP contribution in [-0.4, -0.2) is 44.2 Å². The van der Waals surface area contributed by atoms with E-state index in [1.54, 1.807) is 0 Å². The Hall–Kier alpha value is -1.06. The Bertz CT molecular complexity index is 353. The number of nitrogens with zero attached hydrogens (tertiary/aromatic N) is 1. The second-order valence-electron chi connectivity index (χ2n) is 5.12. The predicted molar refractivity (Wildman–Crippen MR) is 75.3 cm³/mol. The van der Waals surface area contributed by atoms with Crippen molar-refractivity contribution < 1.29 is 4.74 Å². The zero-order valence-electron chi connectivity index (χ0n) is 11.5. The van der Waals surface area contributed by atoms with Crippen LogP contribution in [0.1, 0.15) is 17.5 Å². The van der Waals surface area contributed by atoms with Crippen molar-refractivity contribution in [3.8, 4) is 5.75 Å². The number of rotatable bonds is 5. The molecule has 0 saturated carbocycles. The Morgan fingerprint density at radius 2 is 1.78 bits per heavy atom. The number of nitrogens with one attached hydrogen (secondary N) is 1.